The Morgan fingerprint density at radius 1 is 1.44 bits per heavy atom. The van der Waals surface area contributed by atoms with Gasteiger partial charge in [-0.05, 0) is 39.0 Å². The number of ether oxygens (including phenoxy) is 1. The number of hydrogen-bond acceptors (Lipinski definition) is 4. The molecule has 7 nitrogen and oxygen atoms in total. The van der Waals surface area contributed by atoms with E-state index >= 15 is 0 Å². The van der Waals surface area contributed by atoms with Crippen molar-refractivity contribution < 1.29 is 18.3 Å². The second-order valence-electron chi connectivity index (χ2n) is 6.56. The van der Waals surface area contributed by atoms with E-state index in [1.807, 2.05) is 0 Å². The standard InChI is InChI=1S/C17H19BrF2N4O3/c1-17(2,3)27-15(25)22-13-6-4-5-12(20)11(13)9-24-16(26)23(10-21-24)14(18)7-8-19/h4-8,10,14H,9H2,1-3H3,(H,22,25)/b8-7-. The highest BCUT2D eigenvalue weighted by atomic mass is 79.9. The summed E-state index contributed by atoms with van der Waals surface area (Å²) in [6.07, 6.45) is 1.85. The maximum absolute atomic E-state index is 14.3. The van der Waals surface area contributed by atoms with Crippen LogP contribution < -0.4 is 11.0 Å². The normalized spacial score (nSPS) is 13.0. The zero-order valence-electron chi connectivity index (χ0n) is 14.9. The third-order valence-corrected chi connectivity index (χ3v) is 4.06. The van der Waals surface area contributed by atoms with Crippen LogP contribution in [0.25, 0.3) is 0 Å². The number of allylic oxidation sites excluding steroid dienone is 1. The van der Waals surface area contributed by atoms with Gasteiger partial charge in [0.2, 0.25) is 0 Å². The molecule has 1 amide bonds. The molecule has 0 aliphatic heterocycles. The lowest BCUT2D eigenvalue weighted by Crippen LogP contribution is -2.29. The summed E-state index contributed by atoms with van der Waals surface area (Å²) in [7, 11) is 0. The summed E-state index contributed by atoms with van der Waals surface area (Å²) in [5, 5.41) is 6.38. The molecule has 10 heteroatoms. The van der Waals surface area contributed by atoms with Crippen LogP contribution in [0.2, 0.25) is 0 Å². The summed E-state index contributed by atoms with van der Waals surface area (Å²) in [5.74, 6) is -0.621. The zero-order valence-corrected chi connectivity index (χ0v) is 16.5. The fourth-order valence-electron chi connectivity index (χ4n) is 2.18. The van der Waals surface area contributed by atoms with Gasteiger partial charge < -0.3 is 4.74 Å². The molecule has 1 heterocycles. The van der Waals surface area contributed by atoms with Crippen LogP contribution in [-0.4, -0.2) is 26.0 Å². The lowest BCUT2D eigenvalue weighted by molar-refractivity contribution is 0.0635. The number of anilines is 1. The van der Waals surface area contributed by atoms with Crippen LogP contribution in [0.4, 0.5) is 19.3 Å². The fourth-order valence-corrected chi connectivity index (χ4v) is 2.58. The molecule has 1 N–H and O–H groups in total. The smallest absolute Gasteiger partial charge is 0.412 e. The molecule has 27 heavy (non-hydrogen) atoms. The molecule has 2 aromatic rings. The average Bonchev–Trinajstić information content (AvgIpc) is 2.90. The van der Waals surface area contributed by atoms with Gasteiger partial charge in [0.15, 0.2) is 0 Å². The van der Waals surface area contributed by atoms with E-state index in [9.17, 15) is 18.4 Å². The molecule has 0 bridgehead atoms. The largest absolute Gasteiger partial charge is 0.444 e. The first-order valence-corrected chi connectivity index (χ1v) is 8.86. The molecule has 0 aliphatic rings. The summed E-state index contributed by atoms with van der Waals surface area (Å²) in [6.45, 7) is 4.87. The van der Waals surface area contributed by atoms with Crippen molar-refractivity contribution in [2.24, 2.45) is 0 Å². The number of benzene rings is 1. The molecule has 1 aromatic heterocycles. The molecular formula is C17H19BrF2N4O3. The summed E-state index contributed by atoms with van der Waals surface area (Å²) < 4.78 is 33.9. The maximum atomic E-state index is 14.3. The summed E-state index contributed by atoms with van der Waals surface area (Å²) in [5.41, 5.74) is -1.09. The van der Waals surface area contributed by atoms with E-state index in [1.54, 1.807) is 20.8 Å². The third kappa shape index (κ3) is 5.49. The van der Waals surface area contributed by atoms with Crippen molar-refractivity contribution in [2.75, 3.05) is 5.32 Å². The molecule has 1 aromatic carbocycles. The first-order chi connectivity index (χ1) is 12.6. The quantitative estimate of drug-likeness (QED) is 0.707. The first-order valence-electron chi connectivity index (χ1n) is 7.94. The van der Waals surface area contributed by atoms with Gasteiger partial charge in [-0.25, -0.2) is 23.1 Å². The number of rotatable bonds is 5. The molecule has 1 unspecified atom stereocenters. The molecule has 146 valence electrons. The van der Waals surface area contributed by atoms with Gasteiger partial charge in [-0.2, -0.15) is 5.10 Å². The lowest BCUT2D eigenvalue weighted by Gasteiger charge is -2.20. The highest BCUT2D eigenvalue weighted by molar-refractivity contribution is 9.09. The number of halogens is 3. The van der Waals surface area contributed by atoms with E-state index < -0.39 is 28.2 Å². The number of hydrogen-bond donors (Lipinski definition) is 1. The molecule has 0 saturated carbocycles. The van der Waals surface area contributed by atoms with Crippen LogP contribution in [0, 0.1) is 5.82 Å². The highest BCUT2D eigenvalue weighted by Crippen LogP contribution is 2.21. The van der Waals surface area contributed by atoms with Crippen LogP contribution >= 0.6 is 15.9 Å². The molecule has 0 fully saturated rings. The zero-order chi connectivity index (χ0) is 20.2. The Hall–Kier alpha value is -2.49. The van der Waals surface area contributed by atoms with Crippen molar-refractivity contribution in [1.82, 2.24) is 14.3 Å². The fraction of sp³-hybridized carbons (Fsp3) is 0.353. The minimum atomic E-state index is -0.749. The van der Waals surface area contributed by atoms with Gasteiger partial charge in [-0.1, -0.05) is 22.0 Å². The molecule has 0 radical (unpaired) electrons. The lowest BCUT2D eigenvalue weighted by atomic mass is 10.1. The van der Waals surface area contributed by atoms with Crippen molar-refractivity contribution in [2.45, 2.75) is 37.9 Å². The number of nitrogens with one attached hydrogen (secondary N) is 1. The highest BCUT2D eigenvalue weighted by Gasteiger charge is 2.19. The first kappa shape index (κ1) is 20.8. The van der Waals surface area contributed by atoms with Crippen molar-refractivity contribution >= 4 is 27.7 Å². The van der Waals surface area contributed by atoms with E-state index in [-0.39, 0.29) is 17.8 Å². The average molecular weight is 445 g/mol. The summed E-state index contributed by atoms with van der Waals surface area (Å²) in [6, 6.07) is 4.12. The topological polar surface area (TPSA) is 78.2 Å². The van der Waals surface area contributed by atoms with Gasteiger partial charge in [0, 0.05) is 5.56 Å². The minimum absolute atomic E-state index is 0.0582. The predicted octanol–water partition coefficient (Wildman–Crippen LogP) is 3.96. The van der Waals surface area contributed by atoms with Crippen LogP contribution in [0.5, 0.6) is 0 Å². The Bertz CT molecular complexity index is 902. The van der Waals surface area contributed by atoms with Crippen molar-refractivity contribution in [3.63, 3.8) is 0 Å². The molecule has 0 saturated heterocycles. The predicted molar refractivity (Wildman–Crippen MR) is 100 cm³/mol. The molecule has 2 rings (SSSR count). The van der Waals surface area contributed by atoms with Crippen molar-refractivity contribution in [3.05, 3.63) is 58.8 Å². The van der Waals surface area contributed by atoms with Gasteiger partial charge in [0.25, 0.3) is 0 Å². The Morgan fingerprint density at radius 2 is 2.15 bits per heavy atom. The number of carbonyl (C=O) groups is 1. The van der Waals surface area contributed by atoms with Crippen LogP contribution in [0.3, 0.4) is 0 Å². The minimum Gasteiger partial charge on any atom is -0.444 e. The number of aromatic nitrogens is 3. The van der Waals surface area contributed by atoms with Gasteiger partial charge in [0.1, 0.15) is 22.7 Å². The molecule has 0 aliphatic carbocycles. The summed E-state index contributed by atoms with van der Waals surface area (Å²) in [4.78, 5) is 23.6. The number of nitrogens with zero attached hydrogens (tertiary/aromatic N) is 3. The van der Waals surface area contributed by atoms with E-state index in [4.69, 9.17) is 4.74 Å². The van der Waals surface area contributed by atoms with E-state index in [0.717, 1.165) is 15.3 Å². The molecular weight excluding hydrogens is 426 g/mol. The monoisotopic (exact) mass is 444 g/mol. The summed E-state index contributed by atoms with van der Waals surface area (Å²) >= 11 is 3.12. The number of carbonyl (C=O) groups excluding carboxylic acids is 1. The maximum Gasteiger partial charge on any atom is 0.412 e. The van der Waals surface area contributed by atoms with Gasteiger partial charge in [-0.3, -0.25) is 9.88 Å². The van der Waals surface area contributed by atoms with E-state index in [2.05, 4.69) is 26.3 Å². The van der Waals surface area contributed by atoms with Crippen LogP contribution in [0.1, 0.15) is 31.3 Å². The van der Waals surface area contributed by atoms with Gasteiger partial charge >= 0.3 is 11.8 Å². The Kier molecular flexibility index (Phi) is 6.53. The van der Waals surface area contributed by atoms with Crippen molar-refractivity contribution in [3.8, 4) is 0 Å². The van der Waals surface area contributed by atoms with Crippen LogP contribution in [0.15, 0.2) is 41.7 Å². The van der Waals surface area contributed by atoms with Crippen molar-refractivity contribution in [1.29, 1.82) is 0 Å². The Labute approximate surface area is 162 Å². The molecule has 0 spiro atoms. The second-order valence-corrected chi connectivity index (χ2v) is 7.50. The number of alkyl halides is 1. The van der Waals surface area contributed by atoms with Gasteiger partial charge in [0.05, 0.1) is 18.6 Å². The Morgan fingerprint density at radius 3 is 2.78 bits per heavy atom. The third-order valence-electron chi connectivity index (χ3n) is 3.32. The van der Waals surface area contributed by atoms with E-state index in [0.29, 0.717) is 6.33 Å². The van der Waals surface area contributed by atoms with Gasteiger partial charge in [-0.15, -0.1) is 0 Å². The Balaban J connectivity index is 2.30. The number of amides is 1. The van der Waals surface area contributed by atoms with Crippen LogP contribution in [-0.2, 0) is 11.3 Å². The SMILES string of the molecule is CC(C)(C)OC(=O)Nc1cccc(F)c1Cn1ncn(C(Br)/C=C\F)c1=O. The van der Waals surface area contributed by atoms with E-state index in [1.165, 1.54) is 24.5 Å². The molecule has 1 atom stereocenters. The second kappa shape index (κ2) is 8.47.